The highest BCUT2D eigenvalue weighted by Gasteiger charge is 2.23. The molecule has 0 aromatic carbocycles. The lowest BCUT2D eigenvalue weighted by atomic mass is 10.4. The predicted molar refractivity (Wildman–Crippen MR) is 56.6 cm³/mol. The van der Waals surface area contributed by atoms with Gasteiger partial charge in [0, 0.05) is 26.2 Å². The molecule has 2 N–H and O–H groups in total. The molecular weight excluding hydrogens is 204 g/mol. The summed E-state index contributed by atoms with van der Waals surface area (Å²) >= 11 is 0. The normalized spacial score (nSPS) is 12.7. The molecule has 5 nitrogen and oxygen atoms in total. The van der Waals surface area contributed by atoms with Crippen molar-refractivity contribution in [3.63, 3.8) is 0 Å². The summed E-state index contributed by atoms with van der Waals surface area (Å²) < 4.78 is 29.6. The van der Waals surface area contributed by atoms with Crippen LogP contribution in [0.1, 0.15) is 13.8 Å². The van der Waals surface area contributed by atoms with Crippen LogP contribution in [0.5, 0.6) is 0 Å². The van der Waals surface area contributed by atoms with Crippen LogP contribution in [0.3, 0.4) is 0 Å². The monoisotopic (exact) mass is 224 g/mol. The highest BCUT2D eigenvalue weighted by atomic mass is 32.2. The molecule has 0 aliphatic carbocycles. The Hall–Kier alpha value is -0.170. The SMILES string of the molecule is COCCN(C(C)C)S(=O)(=O)CCN. The van der Waals surface area contributed by atoms with Crippen molar-refractivity contribution in [1.82, 2.24) is 4.31 Å². The van der Waals surface area contributed by atoms with Gasteiger partial charge in [-0.1, -0.05) is 0 Å². The maximum absolute atomic E-state index is 11.7. The summed E-state index contributed by atoms with van der Waals surface area (Å²) in [4.78, 5) is 0. The zero-order chi connectivity index (χ0) is 11.2. The Morgan fingerprint density at radius 2 is 2.00 bits per heavy atom. The number of hydrogen-bond acceptors (Lipinski definition) is 4. The summed E-state index contributed by atoms with van der Waals surface area (Å²) in [7, 11) is -1.67. The van der Waals surface area contributed by atoms with Crippen molar-refractivity contribution < 1.29 is 13.2 Å². The minimum atomic E-state index is -3.22. The summed E-state index contributed by atoms with van der Waals surface area (Å²) in [5, 5.41) is 0. The van der Waals surface area contributed by atoms with Gasteiger partial charge in [-0.25, -0.2) is 8.42 Å². The quantitative estimate of drug-likeness (QED) is 0.640. The summed E-state index contributed by atoms with van der Waals surface area (Å²) in [5.41, 5.74) is 5.24. The van der Waals surface area contributed by atoms with Gasteiger partial charge in [0.25, 0.3) is 0 Å². The molecule has 0 atom stereocenters. The molecule has 0 aromatic heterocycles. The third kappa shape index (κ3) is 4.36. The molecule has 0 saturated heterocycles. The van der Waals surface area contributed by atoms with E-state index in [1.165, 1.54) is 4.31 Å². The van der Waals surface area contributed by atoms with Crippen molar-refractivity contribution in [3.8, 4) is 0 Å². The molecule has 86 valence electrons. The van der Waals surface area contributed by atoms with Crippen molar-refractivity contribution in [2.75, 3.05) is 32.6 Å². The molecule has 14 heavy (non-hydrogen) atoms. The van der Waals surface area contributed by atoms with E-state index in [-0.39, 0.29) is 18.3 Å². The van der Waals surface area contributed by atoms with Crippen LogP contribution in [0.2, 0.25) is 0 Å². The summed E-state index contributed by atoms with van der Waals surface area (Å²) in [6, 6.07) is -0.0540. The van der Waals surface area contributed by atoms with E-state index >= 15 is 0 Å². The molecule has 0 amide bonds. The van der Waals surface area contributed by atoms with Gasteiger partial charge in [0.2, 0.25) is 10.0 Å². The van der Waals surface area contributed by atoms with E-state index < -0.39 is 10.0 Å². The molecule has 0 spiro atoms. The Bertz CT molecular complexity index is 239. The molecule has 0 saturated carbocycles. The number of ether oxygens (including phenoxy) is 1. The van der Waals surface area contributed by atoms with Crippen molar-refractivity contribution >= 4 is 10.0 Å². The van der Waals surface area contributed by atoms with E-state index in [4.69, 9.17) is 10.5 Å². The molecule has 0 rings (SSSR count). The Labute approximate surface area is 86.3 Å². The molecule has 0 heterocycles. The van der Waals surface area contributed by atoms with Gasteiger partial charge in [-0.3, -0.25) is 0 Å². The second-order valence-corrected chi connectivity index (χ2v) is 5.34. The lowest BCUT2D eigenvalue weighted by Crippen LogP contribution is -2.41. The average Bonchev–Trinajstić information content (AvgIpc) is 2.03. The van der Waals surface area contributed by atoms with Crippen LogP contribution in [-0.4, -0.2) is 51.3 Å². The fraction of sp³-hybridized carbons (Fsp3) is 1.00. The Morgan fingerprint density at radius 3 is 2.36 bits per heavy atom. The van der Waals surface area contributed by atoms with Crippen LogP contribution in [-0.2, 0) is 14.8 Å². The first kappa shape index (κ1) is 13.8. The number of nitrogens with zero attached hydrogens (tertiary/aromatic N) is 1. The van der Waals surface area contributed by atoms with E-state index in [1.807, 2.05) is 13.8 Å². The standard InChI is InChI=1S/C8H20N2O3S/c1-8(2)10(5-6-13-3)14(11,12)7-4-9/h8H,4-7,9H2,1-3H3. The molecule has 0 aliphatic heterocycles. The van der Waals surface area contributed by atoms with Gasteiger partial charge < -0.3 is 10.5 Å². The van der Waals surface area contributed by atoms with Gasteiger partial charge in [0.1, 0.15) is 0 Å². The van der Waals surface area contributed by atoms with Crippen LogP contribution in [0.15, 0.2) is 0 Å². The lowest BCUT2D eigenvalue weighted by Gasteiger charge is -2.25. The maximum Gasteiger partial charge on any atom is 0.215 e. The molecule has 0 fully saturated rings. The van der Waals surface area contributed by atoms with Gasteiger partial charge in [0.15, 0.2) is 0 Å². The van der Waals surface area contributed by atoms with E-state index in [0.29, 0.717) is 13.2 Å². The van der Waals surface area contributed by atoms with Gasteiger partial charge in [-0.15, -0.1) is 0 Å². The van der Waals surface area contributed by atoms with Crippen LogP contribution < -0.4 is 5.73 Å². The molecular formula is C8H20N2O3S. The number of rotatable bonds is 7. The van der Waals surface area contributed by atoms with Crippen molar-refractivity contribution in [1.29, 1.82) is 0 Å². The first-order valence-corrected chi connectivity index (χ1v) is 6.25. The zero-order valence-electron chi connectivity index (χ0n) is 9.06. The van der Waals surface area contributed by atoms with E-state index in [0.717, 1.165) is 0 Å². The number of nitrogens with two attached hydrogens (primary N) is 1. The zero-order valence-corrected chi connectivity index (χ0v) is 9.88. The smallest absolute Gasteiger partial charge is 0.215 e. The van der Waals surface area contributed by atoms with Crippen molar-refractivity contribution in [2.45, 2.75) is 19.9 Å². The second kappa shape index (κ2) is 6.34. The summed E-state index contributed by atoms with van der Waals surface area (Å²) in [5.74, 6) is -0.00507. The van der Waals surface area contributed by atoms with Crippen LogP contribution in [0.4, 0.5) is 0 Å². The predicted octanol–water partition coefficient (Wildman–Crippen LogP) is -0.368. The van der Waals surface area contributed by atoms with Crippen LogP contribution in [0, 0.1) is 0 Å². The first-order chi connectivity index (χ1) is 6.45. The molecule has 0 bridgehead atoms. The molecule has 6 heteroatoms. The fourth-order valence-corrected chi connectivity index (χ4v) is 2.69. The van der Waals surface area contributed by atoms with Crippen LogP contribution in [0.25, 0.3) is 0 Å². The largest absolute Gasteiger partial charge is 0.383 e. The number of methoxy groups -OCH3 is 1. The average molecular weight is 224 g/mol. The molecule has 0 aromatic rings. The molecule has 0 radical (unpaired) electrons. The van der Waals surface area contributed by atoms with Gasteiger partial charge in [-0.2, -0.15) is 4.31 Å². The van der Waals surface area contributed by atoms with E-state index in [9.17, 15) is 8.42 Å². The van der Waals surface area contributed by atoms with Crippen molar-refractivity contribution in [3.05, 3.63) is 0 Å². The molecule has 0 unspecified atom stereocenters. The Kier molecular flexibility index (Phi) is 6.26. The second-order valence-electron chi connectivity index (χ2n) is 3.30. The minimum Gasteiger partial charge on any atom is -0.383 e. The highest BCUT2D eigenvalue weighted by Crippen LogP contribution is 2.06. The minimum absolute atomic E-state index is 0.00507. The van der Waals surface area contributed by atoms with Gasteiger partial charge in [0.05, 0.1) is 12.4 Å². The number of hydrogen-bond donors (Lipinski definition) is 1. The number of sulfonamides is 1. The Balaban J connectivity index is 4.48. The van der Waals surface area contributed by atoms with E-state index in [1.54, 1.807) is 7.11 Å². The Morgan fingerprint density at radius 1 is 1.43 bits per heavy atom. The topological polar surface area (TPSA) is 72.6 Å². The van der Waals surface area contributed by atoms with E-state index in [2.05, 4.69) is 0 Å². The van der Waals surface area contributed by atoms with Gasteiger partial charge in [-0.05, 0) is 13.8 Å². The summed E-state index contributed by atoms with van der Waals surface area (Å²) in [6.45, 7) is 4.62. The lowest BCUT2D eigenvalue weighted by molar-refractivity contribution is 0.171. The van der Waals surface area contributed by atoms with Gasteiger partial charge >= 0.3 is 0 Å². The van der Waals surface area contributed by atoms with Crippen molar-refractivity contribution in [2.24, 2.45) is 5.73 Å². The summed E-state index contributed by atoms with van der Waals surface area (Å²) in [6.07, 6.45) is 0. The maximum atomic E-state index is 11.7. The third-order valence-corrected chi connectivity index (χ3v) is 3.90. The first-order valence-electron chi connectivity index (χ1n) is 4.64. The highest BCUT2D eigenvalue weighted by molar-refractivity contribution is 7.89. The van der Waals surface area contributed by atoms with Crippen LogP contribution >= 0.6 is 0 Å². The molecule has 0 aliphatic rings. The fourth-order valence-electron chi connectivity index (χ4n) is 1.17. The third-order valence-electron chi connectivity index (χ3n) is 1.82.